The smallest absolute Gasteiger partial charge is 0.0595 e. The first-order chi connectivity index (χ1) is 8.24. The summed E-state index contributed by atoms with van der Waals surface area (Å²) in [4.78, 5) is 0. The van der Waals surface area contributed by atoms with Crippen molar-refractivity contribution in [1.82, 2.24) is 5.32 Å². The number of halogens is 2. The Kier molecular flexibility index (Phi) is 3.34. The normalized spacial score (nSPS) is 19.9. The third-order valence-corrected chi connectivity index (χ3v) is 4.52. The highest BCUT2D eigenvalue weighted by Crippen LogP contribution is 2.44. The number of benzene rings is 1. The molecule has 2 saturated carbocycles. The van der Waals surface area contributed by atoms with Gasteiger partial charge in [0.05, 0.1) is 10.0 Å². The van der Waals surface area contributed by atoms with Crippen LogP contribution in [0.15, 0.2) is 18.2 Å². The summed E-state index contributed by atoms with van der Waals surface area (Å²) in [6.07, 6.45) is 5.65. The molecule has 0 heterocycles. The lowest BCUT2D eigenvalue weighted by molar-refractivity contribution is 0.416. The van der Waals surface area contributed by atoms with Gasteiger partial charge in [-0.05, 0) is 55.2 Å². The highest BCUT2D eigenvalue weighted by Gasteiger charge is 2.40. The van der Waals surface area contributed by atoms with E-state index in [9.17, 15) is 0 Å². The summed E-state index contributed by atoms with van der Waals surface area (Å²) in [7, 11) is 0. The lowest BCUT2D eigenvalue weighted by Gasteiger charge is -2.17. The zero-order valence-corrected chi connectivity index (χ0v) is 11.3. The highest BCUT2D eigenvalue weighted by molar-refractivity contribution is 6.42. The molecule has 0 aliphatic heterocycles. The van der Waals surface area contributed by atoms with E-state index in [0.717, 1.165) is 24.4 Å². The summed E-state index contributed by atoms with van der Waals surface area (Å²) in [5, 5.41) is 4.99. The minimum absolute atomic E-state index is 0.636. The average molecular weight is 270 g/mol. The third-order valence-electron chi connectivity index (χ3n) is 3.79. The molecule has 17 heavy (non-hydrogen) atoms. The predicted molar refractivity (Wildman–Crippen MR) is 72.5 cm³/mol. The molecule has 2 aliphatic carbocycles. The van der Waals surface area contributed by atoms with Crippen molar-refractivity contribution in [2.45, 2.75) is 38.3 Å². The van der Waals surface area contributed by atoms with Crippen LogP contribution in [0.4, 0.5) is 0 Å². The van der Waals surface area contributed by atoms with Gasteiger partial charge in [-0.15, -0.1) is 0 Å². The van der Waals surface area contributed by atoms with Crippen molar-refractivity contribution in [3.8, 4) is 0 Å². The Bertz CT molecular complexity index is 399. The average Bonchev–Trinajstić information content (AvgIpc) is 3.14. The molecule has 0 aromatic heterocycles. The second kappa shape index (κ2) is 4.79. The van der Waals surface area contributed by atoms with Crippen LogP contribution >= 0.6 is 23.2 Å². The molecule has 2 aliphatic rings. The van der Waals surface area contributed by atoms with Gasteiger partial charge in [0.2, 0.25) is 0 Å². The van der Waals surface area contributed by atoms with E-state index in [4.69, 9.17) is 23.2 Å². The van der Waals surface area contributed by atoms with Crippen molar-refractivity contribution in [3.05, 3.63) is 33.8 Å². The number of hydrogen-bond acceptors (Lipinski definition) is 1. The molecule has 0 bridgehead atoms. The molecular weight excluding hydrogens is 253 g/mol. The molecule has 0 spiro atoms. The van der Waals surface area contributed by atoms with E-state index in [1.54, 1.807) is 0 Å². The second-order valence-corrected chi connectivity index (χ2v) is 6.14. The minimum atomic E-state index is 0.636. The molecule has 1 N–H and O–H groups in total. The second-order valence-electron chi connectivity index (χ2n) is 5.33. The van der Waals surface area contributed by atoms with E-state index in [1.807, 2.05) is 12.1 Å². The van der Waals surface area contributed by atoms with Crippen LogP contribution in [0, 0.1) is 11.8 Å². The van der Waals surface area contributed by atoms with E-state index in [0.29, 0.717) is 10.0 Å². The van der Waals surface area contributed by atoms with E-state index >= 15 is 0 Å². The quantitative estimate of drug-likeness (QED) is 0.842. The molecule has 92 valence electrons. The Morgan fingerprint density at radius 2 is 1.71 bits per heavy atom. The maximum atomic E-state index is 6.02. The largest absolute Gasteiger partial charge is 0.309 e. The summed E-state index contributed by atoms with van der Waals surface area (Å²) >= 11 is 11.9. The van der Waals surface area contributed by atoms with Gasteiger partial charge in [-0.2, -0.15) is 0 Å². The van der Waals surface area contributed by atoms with Crippen LogP contribution < -0.4 is 5.32 Å². The SMILES string of the molecule is Clc1ccc(CNC(C2CC2)C2CC2)cc1Cl. The van der Waals surface area contributed by atoms with Crippen LogP contribution in [-0.2, 0) is 6.54 Å². The lowest BCUT2D eigenvalue weighted by atomic mass is 10.1. The molecule has 0 unspecified atom stereocenters. The van der Waals surface area contributed by atoms with Gasteiger partial charge in [-0.1, -0.05) is 29.3 Å². The van der Waals surface area contributed by atoms with Crippen molar-refractivity contribution in [3.63, 3.8) is 0 Å². The summed E-state index contributed by atoms with van der Waals surface area (Å²) in [6.45, 7) is 0.911. The molecule has 1 nitrogen and oxygen atoms in total. The van der Waals surface area contributed by atoms with Crippen molar-refractivity contribution in [2.24, 2.45) is 11.8 Å². The van der Waals surface area contributed by atoms with Crippen molar-refractivity contribution in [1.29, 1.82) is 0 Å². The maximum Gasteiger partial charge on any atom is 0.0595 e. The van der Waals surface area contributed by atoms with Gasteiger partial charge in [0.1, 0.15) is 0 Å². The highest BCUT2D eigenvalue weighted by atomic mass is 35.5. The summed E-state index contributed by atoms with van der Waals surface area (Å²) < 4.78 is 0. The van der Waals surface area contributed by atoms with Gasteiger partial charge >= 0.3 is 0 Å². The van der Waals surface area contributed by atoms with Crippen LogP contribution in [-0.4, -0.2) is 6.04 Å². The Balaban J connectivity index is 1.60. The van der Waals surface area contributed by atoms with E-state index in [1.165, 1.54) is 31.2 Å². The van der Waals surface area contributed by atoms with Gasteiger partial charge < -0.3 is 5.32 Å². The van der Waals surface area contributed by atoms with Crippen molar-refractivity contribution >= 4 is 23.2 Å². The standard InChI is InChI=1S/C14H17Cl2N/c15-12-6-1-9(7-13(12)16)8-17-14(10-2-3-10)11-4-5-11/h1,6-7,10-11,14,17H,2-5,8H2. The van der Waals surface area contributed by atoms with Crippen LogP contribution in [0.5, 0.6) is 0 Å². The molecule has 0 saturated heterocycles. The maximum absolute atomic E-state index is 6.02. The number of hydrogen-bond donors (Lipinski definition) is 1. The number of nitrogens with one attached hydrogen (secondary N) is 1. The summed E-state index contributed by atoms with van der Waals surface area (Å²) in [6, 6.07) is 6.64. The van der Waals surface area contributed by atoms with E-state index in [-0.39, 0.29) is 0 Å². The van der Waals surface area contributed by atoms with Crippen molar-refractivity contribution in [2.75, 3.05) is 0 Å². The Labute approximate surface area is 112 Å². The summed E-state index contributed by atoms with van der Waals surface area (Å²) in [5.74, 6) is 1.87. The lowest BCUT2D eigenvalue weighted by Crippen LogP contribution is -2.32. The number of rotatable bonds is 5. The Morgan fingerprint density at radius 1 is 1.06 bits per heavy atom. The Morgan fingerprint density at radius 3 is 2.24 bits per heavy atom. The molecular formula is C14H17Cl2N. The topological polar surface area (TPSA) is 12.0 Å². The molecule has 2 fully saturated rings. The summed E-state index contributed by atoms with van der Waals surface area (Å²) in [5.41, 5.74) is 1.23. The Hall–Kier alpha value is -0.240. The van der Waals surface area contributed by atoms with Gasteiger partial charge in [0.15, 0.2) is 0 Å². The van der Waals surface area contributed by atoms with Crippen LogP contribution in [0.3, 0.4) is 0 Å². The first-order valence-electron chi connectivity index (χ1n) is 6.41. The molecule has 1 aromatic rings. The van der Waals surface area contributed by atoms with Crippen LogP contribution in [0.25, 0.3) is 0 Å². The van der Waals surface area contributed by atoms with Gasteiger partial charge in [0.25, 0.3) is 0 Å². The first kappa shape index (κ1) is 11.8. The zero-order chi connectivity index (χ0) is 11.8. The van der Waals surface area contributed by atoms with Crippen LogP contribution in [0.2, 0.25) is 10.0 Å². The minimum Gasteiger partial charge on any atom is -0.309 e. The molecule has 0 amide bonds. The predicted octanol–water partition coefficient (Wildman–Crippen LogP) is 4.27. The molecule has 0 radical (unpaired) electrons. The third kappa shape index (κ3) is 2.96. The zero-order valence-electron chi connectivity index (χ0n) is 9.76. The fraction of sp³-hybridized carbons (Fsp3) is 0.571. The molecule has 0 atom stereocenters. The van der Waals surface area contributed by atoms with Crippen molar-refractivity contribution < 1.29 is 0 Å². The monoisotopic (exact) mass is 269 g/mol. The molecule has 3 rings (SSSR count). The van der Waals surface area contributed by atoms with Gasteiger partial charge in [-0.25, -0.2) is 0 Å². The molecule has 1 aromatic carbocycles. The van der Waals surface area contributed by atoms with E-state index < -0.39 is 0 Å². The van der Waals surface area contributed by atoms with Gasteiger partial charge in [-0.3, -0.25) is 0 Å². The van der Waals surface area contributed by atoms with Gasteiger partial charge in [0, 0.05) is 12.6 Å². The first-order valence-corrected chi connectivity index (χ1v) is 7.17. The fourth-order valence-electron chi connectivity index (χ4n) is 2.51. The fourth-order valence-corrected chi connectivity index (χ4v) is 2.83. The molecule has 3 heteroatoms. The van der Waals surface area contributed by atoms with Crippen LogP contribution in [0.1, 0.15) is 31.2 Å². The van der Waals surface area contributed by atoms with E-state index in [2.05, 4.69) is 11.4 Å².